The van der Waals surface area contributed by atoms with Gasteiger partial charge in [-0.05, 0) is 12.8 Å². The normalized spacial score (nSPS) is 10.3. The van der Waals surface area contributed by atoms with Gasteiger partial charge in [-0.2, -0.15) is 0 Å². The summed E-state index contributed by atoms with van der Waals surface area (Å²) >= 11 is 5.92. The van der Waals surface area contributed by atoms with Gasteiger partial charge in [0.2, 0.25) is 0 Å². The first-order chi connectivity index (χ1) is 8.10. The largest absolute Gasteiger partial charge is 0.476 e. The third kappa shape index (κ3) is 3.54. The zero-order valence-electron chi connectivity index (χ0n) is 9.60. The number of nitrogens with zero attached hydrogens (tertiary/aromatic N) is 2. The van der Waals surface area contributed by atoms with Gasteiger partial charge in [-0.15, -0.1) is 0 Å². The summed E-state index contributed by atoms with van der Waals surface area (Å²) in [6.45, 7) is 0.581. The van der Waals surface area contributed by atoms with Gasteiger partial charge in [-0.1, -0.05) is 11.6 Å². The minimum Gasteiger partial charge on any atom is -0.476 e. The summed E-state index contributed by atoms with van der Waals surface area (Å²) in [5.41, 5.74) is 0.346. The highest BCUT2D eigenvalue weighted by Crippen LogP contribution is 2.30. The average molecular weight is 261 g/mol. The van der Waals surface area contributed by atoms with Crippen LogP contribution in [0.5, 0.6) is 5.88 Å². The predicted octanol–water partition coefficient (Wildman–Crippen LogP) is 2.23. The lowest BCUT2D eigenvalue weighted by Gasteiger charge is -2.06. The Hall–Kier alpha value is -1.40. The van der Waals surface area contributed by atoms with Crippen LogP contribution in [-0.4, -0.2) is 30.7 Å². The molecule has 1 heterocycles. The topological polar surface area (TPSA) is 74.5 Å². The first-order valence-corrected chi connectivity index (χ1v) is 5.34. The fourth-order valence-electron chi connectivity index (χ4n) is 1.34. The van der Waals surface area contributed by atoms with E-state index in [4.69, 9.17) is 21.1 Å². The van der Waals surface area contributed by atoms with Crippen molar-refractivity contribution in [2.45, 2.75) is 12.8 Å². The maximum atomic E-state index is 10.7. The molecule has 0 amide bonds. The Kier molecular flexibility index (Phi) is 5.11. The molecule has 0 aliphatic heterocycles. The zero-order valence-corrected chi connectivity index (χ0v) is 10.4. The Morgan fingerprint density at radius 3 is 2.76 bits per heavy atom. The molecule has 0 aliphatic carbocycles. The van der Waals surface area contributed by atoms with Gasteiger partial charge < -0.3 is 9.47 Å². The SMILES string of the molecule is COCCCc1nc(OC)c([N+](=O)[O-])cc1Cl. The third-order valence-corrected chi connectivity index (χ3v) is 2.47. The zero-order chi connectivity index (χ0) is 12.8. The van der Waals surface area contributed by atoms with Gasteiger partial charge in [-0.25, -0.2) is 4.98 Å². The molecule has 0 fully saturated rings. The minimum atomic E-state index is -0.573. The molecule has 0 spiro atoms. The van der Waals surface area contributed by atoms with Gasteiger partial charge in [-0.3, -0.25) is 10.1 Å². The molecule has 0 unspecified atom stereocenters. The van der Waals surface area contributed by atoms with Crippen LogP contribution in [-0.2, 0) is 11.2 Å². The standard InChI is InChI=1S/C10H13ClN2O4/c1-16-5-3-4-8-7(11)6-9(13(14)15)10(12-8)17-2/h6H,3-5H2,1-2H3. The van der Waals surface area contributed by atoms with Gasteiger partial charge in [0.25, 0.3) is 5.88 Å². The fraction of sp³-hybridized carbons (Fsp3) is 0.500. The summed E-state index contributed by atoms with van der Waals surface area (Å²) in [6, 6.07) is 1.26. The van der Waals surface area contributed by atoms with E-state index in [0.717, 1.165) is 6.42 Å². The van der Waals surface area contributed by atoms with E-state index in [1.165, 1.54) is 13.2 Å². The first-order valence-electron chi connectivity index (χ1n) is 4.97. The van der Waals surface area contributed by atoms with Crippen LogP contribution >= 0.6 is 11.6 Å². The van der Waals surface area contributed by atoms with Crippen LogP contribution in [0.15, 0.2) is 6.07 Å². The van der Waals surface area contributed by atoms with Crippen molar-refractivity contribution >= 4 is 17.3 Å². The predicted molar refractivity (Wildman–Crippen MR) is 62.7 cm³/mol. The van der Waals surface area contributed by atoms with Crippen molar-refractivity contribution in [1.82, 2.24) is 4.98 Å². The van der Waals surface area contributed by atoms with Crippen molar-refractivity contribution in [1.29, 1.82) is 0 Å². The van der Waals surface area contributed by atoms with Gasteiger partial charge in [0, 0.05) is 19.8 Å². The molecule has 94 valence electrons. The maximum Gasteiger partial charge on any atom is 0.332 e. The number of aryl methyl sites for hydroxylation is 1. The van der Waals surface area contributed by atoms with E-state index >= 15 is 0 Å². The Balaban J connectivity index is 2.96. The molecule has 7 heteroatoms. The maximum absolute atomic E-state index is 10.7. The number of hydrogen-bond acceptors (Lipinski definition) is 5. The van der Waals surface area contributed by atoms with Crippen molar-refractivity contribution in [3.8, 4) is 5.88 Å². The molecule has 0 saturated carbocycles. The van der Waals surface area contributed by atoms with Gasteiger partial charge in [0.15, 0.2) is 0 Å². The van der Waals surface area contributed by atoms with Crippen molar-refractivity contribution in [3.63, 3.8) is 0 Å². The van der Waals surface area contributed by atoms with Crippen LogP contribution in [0.3, 0.4) is 0 Å². The number of methoxy groups -OCH3 is 2. The van der Waals surface area contributed by atoms with Crippen molar-refractivity contribution < 1.29 is 14.4 Å². The van der Waals surface area contributed by atoms with Crippen LogP contribution in [0.1, 0.15) is 12.1 Å². The summed E-state index contributed by atoms with van der Waals surface area (Å²) < 4.78 is 9.78. The van der Waals surface area contributed by atoms with Crippen molar-refractivity contribution in [2.24, 2.45) is 0 Å². The van der Waals surface area contributed by atoms with Crippen LogP contribution in [0.2, 0.25) is 5.02 Å². The molecule has 0 atom stereocenters. The van der Waals surface area contributed by atoms with E-state index in [-0.39, 0.29) is 16.6 Å². The smallest absolute Gasteiger partial charge is 0.332 e. The van der Waals surface area contributed by atoms with Crippen LogP contribution in [0, 0.1) is 10.1 Å². The van der Waals surface area contributed by atoms with Crippen LogP contribution < -0.4 is 4.74 Å². The second kappa shape index (κ2) is 6.36. The number of ether oxygens (including phenoxy) is 2. The molecule has 0 saturated heterocycles. The second-order valence-electron chi connectivity index (χ2n) is 3.30. The van der Waals surface area contributed by atoms with E-state index < -0.39 is 4.92 Å². The molecule has 0 bridgehead atoms. The number of pyridine rings is 1. The molecule has 0 radical (unpaired) electrons. The number of nitro groups is 1. The highest BCUT2D eigenvalue weighted by Gasteiger charge is 2.19. The van der Waals surface area contributed by atoms with E-state index in [1.54, 1.807) is 7.11 Å². The minimum absolute atomic E-state index is 0.0215. The quantitative estimate of drug-likeness (QED) is 0.445. The number of hydrogen-bond donors (Lipinski definition) is 0. The highest BCUT2D eigenvalue weighted by atomic mass is 35.5. The summed E-state index contributed by atoms with van der Waals surface area (Å²) in [5.74, 6) is -0.0215. The van der Waals surface area contributed by atoms with E-state index in [9.17, 15) is 10.1 Å². The fourth-order valence-corrected chi connectivity index (χ4v) is 1.58. The van der Waals surface area contributed by atoms with E-state index in [1.807, 2.05) is 0 Å². The lowest BCUT2D eigenvalue weighted by Crippen LogP contribution is -2.02. The van der Waals surface area contributed by atoms with Crippen molar-refractivity contribution in [3.05, 3.63) is 26.9 Å². The molecular formula is C10H13ClN2O4. The average Bonchev–Trinajstić information content (AvgIpc) is 2.30. The highest BCUT2D eigenvalue weighted by molar-refractivity contribution is 6.31. The molecule has 17 heavy (non-hydrogen) atoms. The van der Waals surface area contributed by atoms with Crippen LogP contribution in [0.25, 0.3) is 0 Å². The summed E-state index contributed by atoms with van der Waals surface area (Å²) in [5, 5.41) is 11.0. The summed E-state index contributed by atoms with van der Waals surface area (Å²) in [7, 11) is 2.94. The van der Waals surface area contributed by atoms with Gasteiger partial charge in [0.1, 0.15) is 0 Å². The third-order valence-electron chi connectivity index (χ3n) is 2.15. The molecule has 1 aromatic rings. The van der Waals surface area contributed by atoms with Crippen LogP contribution in [0.4, 0.5) is 5.69 Å². The number of rotatable bonds is 6. The first kappa shape index (κ1) is 13.7. The molecule has 0 aromatic carbocycles. The Labute approximate surface area is 104 Å². The molecular weight excluding hydrogens is 248 g/mol. The lowest BCUT2D eigenvalue weighted by atomic mass is 10.2. The van der Waals surface area contributed by atoms with Gasteiger partial charge >= 0.3 is 5.69 Å². The second-order valence-corrected chi connectivity index (χ2v) is 3.71. The molecule has 1 rings (SSSR count). The Morgan fingerprint density at radius 2 is 2.24 bits per heavy atom. The Morgan fingerprint density at radius 1 is 1.53 bits per heavy atom. The van der Waals surface area contributed by atoms with Gasteiger partial charge in [0.05, 0.1) is 22.7 Å². The molecule has 6 nitrogen and oxygen atoms in total. The summed E-state index contributed by atoms with van der Waals surface area (Å²) in [4.78, 5) is 14.2. The molecule has 1 aromatic heterocycles. The lowest BCUT2D eigenvalue weighted by molar-refractivity contribution is -0.386. The Bertz CT molecular complexity index is 412. The molecule has 0 aliphatic rings. The van der Waals surface area contributed by atoms with Crippen molar-refractivity contribution in [2.75, 3.05) is 20.8 Å². The molecule has 0 N–H and O–H groups in total. The number of aromatic nitrogens is 1. The summed E-state index contributed by atoms with van der Waals surface area (Å²) in [6.07, 6.45) is 1.32. The number of halogens is 1. The van der Waals surface area contributed by atoms with E-state index in [2.05, 4.69) is 4.98 Å². The monoisotopic (exact) mass is 260 g/mol. The van der Waals surface area contributed by atoms with E-state index in [0.29, 0.717) is 18.7 Å².